The molecule has 2 aromatic rings. The Morgan fingerprint density at radius 3 is 1.93 bits per heavy atom. The van der Waals surface area contributed by atoms with E-state index in [1.165, 1.54) is 17.5 Å². The summed E-state index contributed by atoms with van der Waals surface area (Å²) in [5, 5.41) is 0. The zero-order valence-electron chi connectivity index (χ0n) is 17.5. The number of rotatable bonds is 7. The van der Waals surface area contributed by atoms with Gasteiger partial charge in [0.15, 0.2) is 0 Å². The summed E-state index contributed by atoms with van der Waals surface area (Å²) >= 11 is 0. The Balaban J connectivity index is 0.000000646. The molecule has 2 rings (SSSR count). The van der Waals surface area contributed by atoms with Crippen LogP contribution >= 0.6 is 0 Å². The van der Waals surface area contributed by atoms with Gasteiger partial charge in [0.05, 0.1) is 5.56 Å². The van der Waals surface area contributed by atoms with E-state index in [1.54, 1.807) is 0 Å². The normalized spacial score (nSPS) is 11.3. The number of carbonyl (C=O) groups is 1. The van der Waals surface area contributed by atoms with E-state index in [4.69, 9.17) is 4.74 Å². The van der Waals surface area contributed by atoms with Gasteiger partial charge < -0.3 is 4.74 Å². The van der Waals surface area contributed by atoms with Crippen molar-refractivity contribution in [2.24, 2.45) is 0 Å². The monoisotopic (exact) mass is 366 g/mol. The van der Waals surface area contributed by atoms with Gasteiger partial charge in [-0.3, -0.25) is 0 Å². The number of hydrogen-bond acceptors (Lipinski definition) is 2. The average Bonchev–Trinajstić information content (AvgIpc) is 2.69. The SMILES string of the molecule is C=CCCC.CCC(C)c1ccc(C(=O)Oc2ccc(C(C)C)cc2)cc1. The second-order valence-corrected chi connectivity index (χ2v) is 7.12. The van der Waals surface area contributed by atoms with E-state index in [2.05, 4.69) is 41.2 Å². The summed E-state index contributed by atoms with van der Waals surface area (Å²) in [5.41, 5.74) is 3.07. The largest absolute Gasteiger partial charge is 0.423 e. The maximum Gasteiger partial charge on any atom is 0.343 e. The fourth-order valence-electron chi connectivity index (χ4n) is 2.47. The molecule has 0 spiro atoms. The average molecular weight is 367 g/mol. The maximum absolute atomic E-state index is 12.2. The lowest BCUT2D eigenvalue weighted by Gasteiger charge is -2.10. The Morgan fingerprint density at radius 2 is 1.52 bits per heavy atom. The highest BCUT2D eigenvalue weighted by Crippen LogP contribution is 2.21. The highest BCUT2D eigenvalue weighted by molar-refractivity contribution is 5.91. The standard InChI is InChI=1S/C20H24O2.C5H10/c1-5-15(4)17-6-8-18(9-7-17)20(21)22-19-12-10-16(11-13-19)14(2)3;1-3-5-4-2/h6-15H,5H2,1-4H3;3H,1,4-5H2,2H3. The Labute approximate surface area is 165 Å². The van der Waals surface area contributed by atoms with Crippen LogP contribution in [0.3, 0.4) is 0 Å². The summed E-state index contributed by atoms with van der Waals surface area (Å²) in [5.74, 6) is 1.25. The molecule has 1 unspecified atom stereocenters. The number of benzene rings is 2. The quantitative estimate of drug-likeness (QED) is 0.288. The second-order valence-electron chi connectivity index (χ2n) is 7.12. The van der Waals surface area contributed by atoms with Gasteiger partial charge in [0.2, 0.25) is 0 Å². The van der Waals surface area contributed by atoms with Gasteiger partial charge in [-0.15, -0.1) is 6.58 Å². The number of esters is 1. The minimum absolute atomic E-state index is 0.312. The number of ether oxygens (including phenoxy) is 1. The van der Waals surface area contributed by atoms with Crippen molar-refractivity contribution >= 4 is 5.97 Å². The first-order valence-electron chi connectivity index (χ1n) is 9.95. The first kappa shape index (κ1) is 22.7. The molecule has 1 atom stereocenters. The molecule has 0 radical (unpaired) electrons. The molecule has 0 fully saturated rings. The van der Waals surface area contributed by atoms with Crippen molar-refractivity contribution in [1.82, 2.24) is 0 Å². The molecule has 0 amide bonds. The van der Waals surface area contributed by atoms with Crippen molar-refractivity contribution in [2.75, 3.05) is 0 Å². The predicted octanol–water partition coefficient (Wildman–Crippen LogP) is 7.52. The van der Waals surface area contributed by atoms with Gasteiger partial charge in [-0.2, -0.15) is 0 Å². The van der Waals surface area contributed by atoms with E-state index >= 15 is 0 Å². The first-order chi connectivity index (χ1) is 12.9. The van der Waals surface area contributed by atoms with Crippen LogP contribution in [-0.2, 0) is 0 Å². The molecule has 0 saturated heterocycles. The van der Waals surface area contributed by atoms with Crippen molar-refractivity contribution in [3.05, 3.63) is 77.9 Å². The van der Waals surface area contributed by atoms with Crippen molar-refractivity contribution in [3.8, 4) is 5.75 Å². The van der Waals surface area contributed by atoms with E-state index in [9.17, 15) is 4.79 Å². The lowest BCUT2D eigenvalue weighted by atomic mass is 9.98. The fraction of sp³-hybridized carbons (Fsp3) is 0.400. The molecular weight excluding hydrogens is 332 g/mol. The highest BCUT2D eigenvalue weighted by atomic mass is 16.5. The Kier molecular flexibility index (Phi) is 10.2. The van der Waals surface area contributed by atoms with Crippen LogP contribution in [0.4, 0.5) is 0 Å². The smallest absolute Gasteiger partial charge is 0.343 e. The number of allylic oxidation sites excluding steroid dienone is 1. The van der Waals surface area contributed by atoms with Gasteiger partial charge >= 0.3 is 5.97 Å². The first-order valence-corrected chi connectivity index (χ1v) is 9.95. The summed E-state index contributed by atoms with van der Waals surface area (Å²) in [7, 11) is 0. The fourth-order valence-corrected chi connectivity index (χ4v) is 2.47. The maximum atomic E-state index is 12.2. The molecule has 0 bridgehead atoms. The van der Waals surface area contributed by atoms with Gasteiger partial charge in [-0.05, 0) is 60.1 Å². The third kappa shape index (κ3) is 7.82. The topological polar surface area (TPSA) is 26.3 Å². The Bertz CT molecular complexity index is 681. The van der Waals surface area contributed by atoms with Crippen LogP contribution in [0.15, 0.2) is 61.2 Å². The molecular formula is C25H34O2. The minimum Gasteiger partial charge on any atom is -0.423 e. The molecule has 2 aromatic carbocycles. The van der Waals surface area contributed by atoms with Crippen LogP contribution in [0.5, 0.6) is 5.75 Å². The zero-order valence-corrected chi connectivity index (χ0v) is 17.5. The van der Waals surface area contributed by atoms with Crippen LogP contribution < -0.4 is 4.74 Å². The van der Waals surface area contributed by atoms with Crippen LogP contribution in [0.25, 0.3) is 0 Å². The van der Waals surface area contributed by atoms with Gasteiger partial charge in [0.1, 0.15) is 5.75 Å². The molecule has 2 nitrogen and oxygen atoms in total. The molecule has 0 aromatic heterocycles. The van der Waals surface area contributed by atoms with Crippen LogP contribution in [0, 0.1) is 0 Å². The van der Waals surface area contributed by atoms with E-state index in [0.29, 0.717) is 23.1 Å². The number of hydrogen-bond donors (Lipinski definition) is 0. The number of unbranched alkanes of at least 4 members (excludes halogenated alkanes) is 1. The molecule has 0 aliphatic heterocycles. The van der Waals surface area contributed by atoms with E-state index < -0.39 is 0 Å². The molecule has 0 N–H and O–H groups in total. The molecule has 0 heterocycles. The van der Waals surface area contributed by atoms with Gasteiger partial charge in [-0.25, -0.2) is 4.79 Å². The van der Waals surface area contributed by atoms with Gasteiger partial charge in [0.25, 0.3) is 0 Å². The molecule has 0 aliphatic carbocycles. The van der Waals surface area contributed by atoms with Gasteiger partial charge in [0, 0.05) is 0 Å². The summed E-state index contributed by atoms with van der Waals surface area (Å²) in [4.78, 5) is 12.2. The summed E-state index contributed by atoms with van der Waals surface area (Å²) in [6.07, 6.45) is 5.40. The molecule has 146 valence electrons. The third-order valence-corrected chi connectivity index (χ3v) is 4.58. The predicted molar refractivity (Wildman–Crippen MR) is 116 cm³/mol. The Morgan fingerprint density at radius 1 is 0.963 bits per heavy atom. The third-order valence-electron chi connectivity index (χ3n) is 4.58. The molecule has 0 saturated carbocycles. The molecule has 27 heavy (non-hydrogen) atoms. The van der Waals surface area contributed by atoms with Crippen molar-refractivity contribution < 1.29 is 9.53 Å². The highest BCUT2D eigenvalue weighted by Gasteiger charge is 2.10. The Hall–Kier alpha value is -2.35. The van der Waals surface area contributed by atoms with Crippen molar-refractivity contribution in [2.45, 2.75) is 65.7 Å². The zero-order chi connectivity index (χ0) is 20.2. The van der Waals surface area contributed by atoms with E-state index in [-0.39, 0.29) is 5.97 Å². The van der Waals surface area contributed by atoms with Crippen molar-refractivity contribution in [3.63, 3.8) is 0 Å². The van der Waals surface area contributed by atoms with Crippen LogP contribution in [0.2, 0.25) is 0 Å². The van der Waals surface area contributed by atoms with Crippen LogP contribution in [-0.4, -0.2) is 5.97 Å². The van der Waals surface area contributed by atoms with E-state index in [0.717, 1.165) is 12.8 Å². The molecule has 0 aliphatic rings. The van der Waals surface area contributed by atoms with Crippen molar-refractivity contribution in [1.29, 1.82) is 0 Å². The second kappa shape index (κ2) is 12.1. The number of carbonyl (C=O) groups excluding carboxylic acids is 1. The summed E-state index contributed by atoms with van der Waals surface area (Å²) in [6, 6.07) is 15.4. The lowest BCUT2D eigenvalue weighted by molar-refractivity contribution is 0.0734. The van der Waals surface area contributed by atoms with Gasteiger partial charge in [-0.1, -0.05) is 71.4 Å². The molecule has 2 heteroatoms. The minimum atomic E-state index is -0.312. The van der Waals surface area contributed by atoms with Crippen LogP contribution in [0.1, 0.15) is 87.2 Å². The lowest BCUT2D eigenvalue weighted by Crippen LogP contribution is -2.08. The summed E-state index contributed by atoms with van der Waals surface area (Å²) in [6.45, 7) is 14.3. The summed E-state index contributed by atoms with van der Waals surface area (Å²) < 4.78 is 5.42. The van der Waals surface area contributed by atoms with E-state index in [1.807, 2.05) is 54.6 Å².